The Kier molecular flexibility index (Phi) is 6.65. The van der Waals surface area contributed by atoms with Crippen LogP contribution in [0.1, 0.15) is 26.7 Å². The van der Waals surface area contributed by atoms with Crippen molar-refractivity contribution in [3.05, 3.63) is 24.3 Å². The number of hydrogen-bond acceptors (Lipinski definition) is 4. The molecule has 28 heavy (non-hydrogen) atoms. The number of benzene rings is 1. The van der Waals surface area contributed by atoms with Crippen molar-refractivity contribution < 1.29 is 14.3 Å². The highest BCUT2D eigenvalue weighted by Gasteiger charge is 2.28. The quantitative estimate of drug-likeness (QED) is 0.859. The molecular formula is C21H32N4O3. The topological polar surface area (TPSA) is 65.1 Å². The van der Waals surface area contributed by atoms with Gasteiger partial charge in [-0.05, 0) is 25.0 Å². The lowest BCUT2D eigenvalue weighted by atomic mass is 10.0. The van der Waals surface area contributed by atoms with E-state index >= 15 is 0 Å². The highest BCUT2D eigenvalue weighted by molar-refractivity contribution is 5.78. The SMILES string of the molecule is COc1ccccc1N1CCN(C(=O)NC2CCN(C(=O)C(C)C)CC2)CC1. The molecule has 2 aliphatic heterocycles. The van der Waals surface area contributed by atoms with E-state index in [0.29, 0.717) is 13.1 Å². The zero-order valence-electron chi connectivity index (χ0n) is 17.2. The highest BCUT2D eigenvalue weighted by atomic mass is 16.5. The molecule has 3 rings (SSSR count). The summed E-state index contributed by atoms with van der Waals surface area (Å²) in [5.74, 6) is 1.10. The molecule has 1 aromatic carbocycles. The fraction of sp³-hybridized carbons (Fsp3) is 0.619. The summed E-state index contributed by atoms with van der Waals surface area (Å²) in [5, 5.41) is 3.16. The summed E-state index contributed by atoms with van der Waals surface area (Å²) in [6.45, 7) is 8.27. The fourth-order valence-corrected chi connectivity index (χ4v) is 3.92. The fourth-order valence-electron chi connectivity index (χ4n) is 3.92. The van der Waals surface area contributed by atoms with Crippen molar-refractivity contribution in [3.8, 4) is 5.75 Å². The van der Waals surface area contributed by atoms with Gasteiger partial charge in [0, 0.05) is 51.2 Å². The monoisotopic (exact) mass is 388 g/mol. The molecule has 1 aromatic rings. The molecule has 154 valence electrons. The Morgan fingerprint density at radius 1 is 1.00 bits per heavy atom. The smallest absolute Gasteiger partial charge is 0.317 e. The third-order valence-corrected chi connectivity index (χ3v) is 5.62. The number of nitrogens with zero attached hydrogens (tertiary/aromatic N) is 3. The van der Waals surface area contributed by atoms with Crippen molar-refractivity contribution in [2.75, 3.05) is 51.3 Å². The second-order valence-corrected chi connectivity index (χ2v) is 7.85. The van der Waals surface area contributed by atoms with Crippen molar-refractivity contribution >= 4 is 17.6 Å². The third kappa shape index (κ3) is 4.69. The molecule has 1 N–H and O–H groups in total. The van der Waals surface area contributed by atoms with E-state index in [4.69, 9.17) is 4.74 Å². The van der Waals surface area contributed by atoms with Crippen LogP contribution in [0.3, 0.4) is 0 Å². The number of methoxy groups -OCH3 is 1. The van der Waals surface area contributed by atoms with Crippen LogP contribution in [-0.2, 0) is 4.79 Å². The number of rotatable bonds is 4. The normalized spacial score (nSPS) is 18.4. The Morgan fingerprint density at radius 2 is 1.64 bits per heavy atom. The molecule has 0 radical (unpaired) electrons. The van der Waals surface area contributed by atoms with Crippen LogP contribution in [0.4, 0.5) is 10.5 Å². The van der Waals surface area contributed by atoms with Crippen LogP contribution >= 0.6 is 0 Å². The Morgan fingerprint density at radius 3 is 2.25 bits per heavy atom. The number of amides is 3. The molecule has 2 heterocycles. The molecule has 0 aromatic heterocycles. The number of urea groups is 1. The first-order valence-electron chi connectivity index (χ1n) is 10.2. The van der Waals surface area contributed by atoms with Gasteiger partial charge in [0.25, 0.3) is 0 Å². The van der Waals surface area contributed by atoms with Gasteiger partial charge in [-0.25, -0.2) is 4.79 Å². The van der Waals surface area contributed by atoms with Gasteiger partial charge >= 0.3 is 6.03 Å². The van der Waals surface area contributed by atoms with Crippen molar-refractivity contribution in [1.82, 2.24) is 15.1 Å². The van der Waals surface area contributed by atoms with E-state index in [9.17, 15) is 9.59 Å². The Labute approximate surface area is 167 Å². The van der Waals surface area contributed by atoms with E-state index in [-0.39, 0.29) is 23.9 Å². The summed E-state index contributed by atoms with van der Waals surface area (Å²) >= 11 is 0. The van der Waals surface area contributed by atoms with Crippen molar-refractivity contribution in [3.63, 3.8) is 0 Å². The summed E-state index contributed by atoms with van der Waals surface area (Å²) in [6.07, 6.45) is 1.65. The lowest BCUT2D eigenvalue weighted by molar-refractivity contribution is -0.135. The number of piperidine rings is 1. The average Bonchev–Trinajstić information content (AvgIpc) is 2.73. The van der Waals surface area contributed by atoms with Crippen LogP contribution in [0.15, 0.2) is 24.3 Å². The number of carbonyl (C=O) groups is 2. The Balaban J connectivity index is 1.45. The number of para-hydroxylation sites is 2. The van der Waals surface area contributed by atoms with E-state index in [2.05, 4.69) is 16.3 Å². The van der Waals surface area contributed by atoms with Gasteiger partial charge in [-0.1, -0.05) is 26.0 Å². The second kappa shape index (κ2) is 9.17. The van der Waals surface area contributed by atoms with Crippen LogP contribution in [0.5, 0.6) is 5.75 Å². The van der Waals surface area contributed by atoms with Crippen LogP contribution in [0.25, 0.3) is 0 Å². The molecule has 0 saturated carbocycles. The van der Waals surface area contributed by atoms with Gasteiger partial charge in [0.2, 0.25) is 5.91 Å². The van der Waals surface area contributed by atoms with Crippen molar-refractivity contribution in [2.45, 2.75) is 32.7 Å². The minimum atomic E-state index is 0.00770. The van der Waals surface area contributed by atoms with Gasteiger partial charge < -0.3 is 24.8 Å². The number of ether oxygens (including phenoxy) is 1. The van der Waals surface area contributed by atoms with E-state index in [1.807, 2.05) is 41.8 Å². The molecule has 0 unspecified atom stereocenters. The summed E-state index contributed by atoms with van der Waals surface area (Å²) in [6, 6.07) is 8.15. The Hall–Kier alpha value is -2.44. The molecular weight excluding hydrogens is 356 g/mol. The van der Waals surface area contributed by atoms with E-state index in [1.165, 1.54) is 0 Å². The van der Waals surface area contributed by atoms with Crippen LogP contribution < -0.4 is 15.0 Å². The maximum atomic E-state index is 12.6. The van der Waals surface area contributed by atoms with Gasteiger partial charge in [0.15, 0.2) is 0 Å². The first kappa shape index (κ1) is 20.3. The lowest BCUT2D eigenvalue weighted by Crippen LogP contribution is -2.55. The van der Waals surface area contributed by atoms with E-state index in [1.54, 1.807) is 7.11 Å². The number of hydrogen-bond donors (Lipinski definition) is 1. The maximum Gasteiger partial charge on any atom is 0.317 e. The van der Waals surface area contributed by atoms with Crippen molar-refractivity contribution in [1.29, 1.82) is 0 Å². The summed E-state index contributed by atoms with van der Waals surface area (Å²) < 4.78 is 5.45. The predicted octanol–water partition coefficient (Wildman–Crippen LogP) is 2.17. The van der Waals surface area contributed by atoms with E-state index in [0.717, 1.165) is 50.5 Å². The summed E-state index contributed by atoms with van der Waals surface area (Å²) in [7, 11) is 1.68. The van der Waals surface area contributed by atoms with Gasteiger partial charge in [-0.3, -0.25) is 4.79 Å². The molecule has 2 saturated heterocycles. The van der Waals surface area contributed by atoms with E-state index < -0.39 is 0 Å². The zero-order chi connectivity index (χ0) is 20.1. The highest BCUT2D eigenvalue weighted by Crippen LogP contribution is 2.28. The lowest BCUT2D eigenvalue weighted by Gasteiger charge is -2.38. The number of anilines is 1. The molecule has 0 atom stereocenters. The predicted molar refractivity (Wildman–Crippen MR) is 110 cm³/mol. The van der Waals surface area contributed by atoms with Gasteiger partial charge in [0.05, 0.1) is 12.8 Å². The second-order valence-electron chi connectivity index (χ2n) is 7.85. The van der Waals surface area contributed by atoms with Crippen LogP contribution in [0.2, 0.25) is 0 Å². The molecule has 0 bridgehead atoms. The first-order chi connectivity index (χ1) is 13.5. The van der Waals surface area contributed by atoms with Gasteiger partial charge in [0.1, 0.15) is 5.75 Å². The number of nitrogens with one attached hydrogen (secondary N) is 1. The molecule has 7 nitrogen and oxygen atoms in total. The zero-order valence-corrected chi connectivity index (χ0v) is 17.2. The molecule has 2 aliphatic rings. The van der Waals surface area contributed by atoms with Crippen LogP contribution in [-0.4, -0.2) is 74.2 Å². The summed E-state index contributed by atoms with van der Waals surface area (Å²) in [5.41, 5.74) is 1.08. The third-order valence-electron chi connectivity index (χ3n) is 5.62. The van der Waals surface area contributed by atoms with Crippen molar-refractivity contribution in [2.24, 2.45) is 5.92 Å². The maximum absolute atomic E-state index is 12.6. The number of likely N-dealkylation sites (tertiary alicyclic amines) is 1. The van der Waals surface area contributed by atoms with Gasteiger partial charge in [-0.15, -0.1) is 0 Å². The molecule has 3 amide bonds. The van der Waals surface area contributed by atoms with Crippen LogP contribution in [0, 0.1) is 5.92 Å². The standard InChI is InChI=1S/C21H32N4O3/c1-16(2)20(26)24-10-8-17(9-11-24)22-21(27)25-14-12-23(13-15-25)18-6-4-5-7-19(18)28-3/h4-7,16-17H,8-15H2,1-3H3,(H,22,27). The Bertz CT molecular complexity index is 678. The average molecular weight is 389 g/mol. The number of piperazine rings is 1. The first-order valence-corrected chi connectivity index (χ1v) is 10.2. The summed E-state index contributed by atoms with van der Waals surface area (Å²) in [4.78, 5) is 30.8. The largest absolute Gasteiger partial charge is 0.495 e. The minimum Gasteiger partial charge on any atom is -0.495 e. The molecule has 0 aliphatic carbocycles. The number of carbonyl (C=O) groups excluding carboxylic acids is 2. The van der Waals surface area contributed by atoms with Gasteiger partial charge in [-0.2, -0.15) is 0 Å². The molecule has 2 fully saturated rings. The minimum absolute atomic E-state index is 0.00770. The molecule has 0 spiro atoms. The molecule has 7 heteroatoms.